The molecule has 4 heterocycles. The zero-order chi connectivity index (χ0) is 15.9. The monoisotopic (exact) mass is 338 g/mol. The molecule has 0 unspecified atom stereocenters. The SMILES string of the molecule is c1cc(-c2noc(-c3cn[nH]c3-c3ccc4c(c3)OCO4)n2)cs1. The van der Waals surface area contributed by atoms with Gasteiger partial charge in [0.25, 0.3) is 5.89 Å². The molecule has 0 saturated heterocycles. The second-order valence-electron chi connectivity index (χ2n) is 5.16. The molecule has 0 fully saturated rings. The first kappa shape index (κ1) is 13.3. The Kier molecular flexibility index (Phi) is 2.89. The van der Waals surface area contributed by atoms with Gasteiger partial charge in [0.05, 0.1) is 17.5 Å². The number of benzene rings is 1. The van der Waals surface area contributed by atoms with Gasteiger partial charge in [0, 0.05) is 16.5 Å². The lowest BCUT2D eigenvalue weighted by molar-refractivity contribution is 0.174. The average molecular weight is 338 g/mol. The molecule has 1 aromatic carbocycles. The molecule has 0 radical (unpaired) electrons. The summed E-state index contributed by atoms with van der Waals surface area (Å²) in [4.78, 5) is 4.47. The Morgan fingerprint density at radius 3 is 2.96 bits per heavy atom. The molecular formula is C16H10N4O3S. The van der Waals surface area contributed by atoms with Gasteiger partial charge in [-0.3, -0.25) is 5.10 Å². The summed E-state index contributed by atoms with van der Waals surface area (Å²) in [7, 11) is 0. The van der Waals surface area contributed by atoms with Crippen LogP contribution in [0.3, 0.4) is 0 Å². The third kappa shape index (κ3) is 2.08. The van der Waals surface area contributed by atoms with Crippen LogP contribution in [0.1, 0.15) is 0 Å². The van der Waals surface area contributed by atoms with E-state index in [1.165, 1.54) is 0 Å². The van der Waals surface area contributed by atoms with Crippen molar-refractivity contribution in [2.24, 2.45) is 0 Å². The van der Waals surface area contributed by atoms with Crippen LogP contribution in [0.15, 0.2) is 45.7 Å². The Bertz CT molecular complexity index is 1010. The van der Waals surface area contributed by atoms with Crippen molar-refractivity contribution in [3.63, 3.8) is 0 Å². The number of thiophene rings is 1. The summed E-state index contributed by atoms with van der Waals surface area (Å²) in [6.07, 6.45) is 1.67. The molecule has 1 aliphatic heterocycles. The summed E-state index contributed by atoms with van der Waals surface area (Å²) < 4.78 is 16.2. The molecule has 0 saturated carbocycles. The van der Waals surface area contributed by atoms with E-state index in [2.05, 4.69) is 20.3 Å². The fourth-order valence-electron chi connectivity index (χ4n) is 2.56. The lowest BCUT2D eigenvalue weighted by atomic mass is 10.1. The van der Waals surface area contributed by atoms with Crippen LogP contribution in [0.25, 0.3) is 34.1 Å². The second kappa shape index (κ2) is 5.20. The van der Waals surface area contributed by atoms with Gasteiger partial charge in [-0.1, -0.05) is 5.16 Å². The van der Waals surface area contributed by atoms with Gasteiger partial charge in [-0.2, -0.15) is 21.4 Å². The lowest BCUT2D eigenvalue weighted by Gasteiger charge is -2.02. The van der Waals surface area contributed by atoms with Crippen molar-refractivity contribution < 1.29 is 14.0 Å². The van der Waals surface area contributed by atoms with E-state index >= 15 is 0 Å². The van der Waals surface area contributed by atoms with Crippen molar-refractivity contribution in [2.75, 3.05) is 6.79 Å². The minimum Gasteiger partial charge on any atom is -0.454 e. The highest BCUT2D eigenvalue weighted by molar-refractivity contribution is 7.08. The number of hydrogen-bond donors (Lipinski definition) is 1. The maximum atomic E-state index is 5.43. The number of nitrogens with one attached hydrogen (secondary N) is 1. The molecule has 3 aromatic heterocycles. The van der Waals surface area contributed by atoms with Gasteiger partial charge in [0.1, 0.15) is 0 Å². The van der Waals surface area contributed by atoms with E-state index in [-0.39, 0.29) is 6.79 Å². The van der Waals surface area contributed by atoms with Gasteiger partial charge in [0.15, 0.2) is 11.5 Å². The molecule has 1 aliphatic rings. The van der Waals surface area contributed by atoms with Crippen LogP contribution in [0.2, 0.25) is 0 Å². The minimum absolute atomic E-state index is 0.238. The highest BCUT2D eigenvalue weighted by Gasteiger charge is 2.20. The molecule has 24 heavy (non-hydrogen) atoms. The number of aromatic nitrogens is 4. The first-order valence-corrected chi connectivity index (χ1v) is 8.13. The fraction of sp³-hybridized carbons (Fsp3) is 0.0625. The molecule has 0 amide bonds. The molecule has 118 valence electrons. The smallest absolute Gasteiger partial charge is 0.262 e. The molecule has 0 atom stereocenters. The Labute approximate surface area is 139 Å². The summed E-state index contributed by atoms with van der Waals surface area (Å²) in [5, 5.41) is 15.1. The van der Waals surface area contributed by atoms with E-state index in [1.807, 2.05) is 35.0 Å². The number of fused-ring (bicyclic) bond motifs is 1. The molecule has 5 rings (SSSR count). The Morgan fingerprint density at radius 2 is 2.04 bits per heavy atom. The van der Waals surface area contributed by atoms with Gasteiger partial charge < -0.3 is 14.0 Å². The van der Waals surface area contributed by atoms with Crippen molar-refractivity contribution in [1.29, 1.82) is 0 Å². The number of rotatable bonds is 3. The van der Waals surface area contributed by atoms with Crippen molar-refractivity contribution in [3.05, 3.63) is 41.2 Å². The highest BCUT2D eigenvalue weighted by Crippen LogP contribution is 2.38. The second-order valence-corrected chi connectivity index (χ2v) is 5.94. The van der Waals surface area contributed by atoms with Gasteiger partial charge in [0.2, 0.25) is 12.6 Å². The van der Waals surface area contributed by atoms with Crippen LogP contribution in [-0.4, -0.2) is 27.1 Å². The van der Waals surface area contributed by atoms with E-state index in [0.717, 1.165) is 28.1 Å². The Morgan fingerprint density at radius 1 is 1.08 bits per heavy atom. The minimum atomic E-state index is 0.238. The van der Waals surface area contributed by atoms with Gasteiger partial charge >= 0.3 is 0 Å². The predicted octanol–water partition coefficient (Wildman–Crippen LogP) is 3.58. The average Bonchev–Trinajstić information content (AvgIpc) is 3.41. The van der Waals surface area contributed by atoms with E-state index in [1.54, 1.807) is 17.5 Å². The van der Waals surface area contributed by atoms with Crippen molar-refractivity contribution in [2.45, 2.75) is 0 Å². The number of aromatic amines is 1. The van der Waals surface area contributed by atoms with Crippen LogP contribution in [-0.2, 0) is 0 Å². The lowest BCUT2D eigenvalue weighted by Crippen LogP contribution is -1.92. The van der Waals surface area contributed by atoms with Crippen molar-refractivity contribution >= 4 is 11.3 Å². The third-order valence-electron chi connectivity index (χ3n) is 3.74. The van der Waals surface area contributed by atoms with Crippen LogP contribution >= 0.6 is 11.3 Å². The van der Waals surface area contributed by atoms with Crippen molar-refractivity contribution in [3.8, 4) is 45.6 Å². The molecular weight excluding hydrogens is 328 g/mol. The van der Waals surface area contributed by atoms with Gasteiger partial charge in [-0.15, -0.1) is 0 Å². The number of ether oxygens (including phenoxy) is 2. The topological polar surface area (TPSA) is 86.1 Å². The Balaban J connectivity index is 1.56. The standard InChI is InChI=1S/C16H10N4O3S/c1-2-12-13(22-8-21-12)5-9(1)14-11(6-17-19-14)16-18-15(20-23-16)10-3-4-24-7-10/h1-7H,8H2,(H,17,19). The van der Waals surface area contributed by atoms with Crippen LogP contribution in [0.4, 0.5) is 0 Å². The summed E-state index contributed by atoms with van der Waals surface area (Å²) in [6, 6.07) is 7.65. The predicted molar refractivity (Wildman–Crippen MR) is 86.8 cm³/mol. The molecule has 8 heteroatoms. The molecule has 4 aromatic rings. The molecule has 0 spiro atoms. The van der Waals surface area contributed by atoms with Gasteiger partial charge in [-0.05, 0) is 29.6 Å². The van der Waals surface area contributed by atoms with E-state index < -0.39 is 0 Å². The van der Waals surface area contributed by atoms with Gasteiger partial charge in [-0.25, -0.2) is 0 Å². The first-order valence-electron chi connectivity index (χ1n) is 7.18. The van der Waals surface area contributed by atoms with Crippen LogP contribution in [0.5, 0.6) is 11.5 Å². The van der Waals surface area contributed by atoms with Crippen molar-refractivity contribution in [1.82, 2.24) is 20.3 Å². The maximum Gasteiger partial charge on any atom is 0.262 e. The van der Waals surface area contributed by atoms with Crippen LogP contribution in [0, 0.1) is 0 Å². The molecule has 0 aliphatic carbocycles. The third-order valence-corrected chi connectivity index (χ3v) is 4.42. The summed E-state index contributed by atoms with van der Waals surface area (Å²) in [5.41, 5.74) is 3.36. The van der Waals surface area contributed by atoms with E-state index in [4.69, 9.17) is 14.0 Å². The summed E-state index contributed by atoms with van der Waals surface area (Å²) in [5.74, 6) is 2.41. The Hall–Kier alpha value is -3.13. The molecule has 0 bridgehead atoms. The highest BCUT2D eigenvalue weighted by atomic mass is 32.1. The zero-order valence-electron chi connectivity index (χ0n) is 12.2. The summed E-state index contributed by atoms with van der Waals surface area (Å²) in [6.45, 7) is 0.238. The van der Waals surface area contributed by atoms with Crippen LogP contribution < -0.4 is 9.47 Å². The largest absolute Gasteiger partial charge is 0.454 e. The number of nitrogens with zero attached hydrogens (tertiary/aromatic N) is 3. The summed E-state index contributed by atoms with van der Waals surface area (Å²) >= 11 is 1.59. The zero-order valence-corrected chi connectivity index (χ0v) is 13.0. The fourth-order valence-corrected chi connectivity index (χ4v) is 3.20. The van der Waals surface area contributed by atoms with E-state index in [0.29, 0.717) is 17.5 Å². The van der Waals surface area contributed by atoms with E-state index in [9.17, 15) is 0 Å². The normalized spacial score (nSPS) is 12.7. The number of H-pyrrole nitrogens is 1. The maximum absolute atomic E-state index is 5.43. The number of hydrogen-bond acceptors (Lipinski definition) is 7. The molecule has 1 N–H and O–H groups in total. The molecule has 7 nitrogen and oxygen atoms in total. The first-order chi connectivity index (χ1) is 11.9. The quantitative estimate of drug-likeness (QED) is 0.614.